The lowest BCUT2D eigenvalue weighted by atomic mass is 10.2. The summed E-state index contributed by atoms with van der Waals surface area (Å²) in [7, 11) is 2.01. The van der Waals surface area contributed by atoms with E-state index in [-0.39, 0.29) is 6.29 Å². The number of imidazole rings is 1. The summed E-state index contributed by atoms with van der Waals surface area (Å²) in [5.74, 6) is 0.921. The fraction of sp³-hybridized carbons (Fsp3) is 0.471. The highest BCUT2D eigenvalue weighted by molar-refractivity contribution is 7.98. The van der Waals surface area contributed by atoms with Crippen molar-refractivity contribution >= 4 is 11.8 Å². The van der Waals surface area contributed by atoms with E-state index in [1.54, 1.807) is 11.8 Å². The topological polar surface area (TPSA) is 36.3 Å². The molecule has 1 aromatic carbocycles. The molecule has 2 aromatic rings. The SMILES string of the molecule is Cn1cnc(SCc2ccccc2)c1COC1CCCCO1. The minimum absolute atomic E-state index is 0.0596. The lowest BCUT2D eigenvalue weighted by molar-refractivity contribution is -0.170. The summed E-state index contributed by atoms with van der Waals surface area (Å²) in [5.41, 5.74) is 2.43. The average molecular weight is 318 g/mol. The molecule has 5 heteroatoms. The van der Waals surface area contributed by atoms with E-state index in [2.05, 4.69) is 29.2 Å². The fourth-order valence-electron chi connectivity index (χ4n) is 2.46. The molecule has 1 atom stereocenters. The van der Waals surface area contributed by atoms with Gasteiger partial charge in [-0.05, 0) is 24.8 Å². The van der Waals surface area contributed by atoms with Crippen molar-refractivity contribution in [2.24, 2.45) is 7.05 Å². The van der Waals surface area contributed by atoms with E-state index in [0.717, 1.165) is 35.9 Å². The number of nitrogens with zero attached hydrogens (tertiary/aromatic N) is 2. The number of aryl methyl sites for hydroxylation is 1. The second-order valence-corrected chi connectivity index (χ2v) is 6.45. The van der Waals surface area contributed by atoms with Gasteiger partial charge >= 0.3 is 0 Å². The molecule has 1 aliphatic rings. The van der Waals surface area contributed by atoms with Crippen molar-refractivity contribution in [2.45, 2.75) is 42.9 Å². The van der Waals surface area contributed by atoms with Crippen LogP contribution in [0.25, 0.3) is 0 Å². The van der Waals surface area contributed by atoms with Gasteiger partial charge in [-0.15, -0.1) is 0 Å². The van der Waals surface area contributed by atoms with Crippen LogP contribution in [0.3, 0.4) is 0 Å². The normalized spacial score (nSPS) is 18.5. The zero-order valence-electron chi connectivity index (χ0n) is 12.9. The van der Waals surface area contributed by atoms with Gasteiger partial charge in [-0.25, -0.2) is 4.98 Å². The molecular formula is C17H22N2O2S. The molecule has 0 N–H and O–H groups in total. The molecular weight excluding hydrogens is 296 g/mol. The Morgan fingerprint density at radius 1 is 1.32 bits per heavy atom. The molecule has 4 nitrogen and oxygen atoms in total. The van der Waals surface area contributed by atoms with Gasteiger partial charge in [-0.2, -0.15) is 0 Å². The number of aromatic nitrogens is 2. The summed E-state index contributed by atoms with van der Waals surface area (Å²) < 4.78 is 13.6. The Morgan fingerprint density at radius 3 is 2.95 bits per heavy atom. The van der Waals surface area contributed by atoms with Crippen LogP contribution in [0, 0.1) is 0 Å². The summed E-state index contributed by atoms with van der Waals surface area (Å²) >= 11 is 1.75. The van der Waals surface area contributed by atoms with E-state index in [0.29, 0.717) is 6.61 Å². The number of rotatable bonds is 6. The van der Waals surface area contributed by atoms with Crippen molar-refractivity contribution in [1.82, 2.24) is 9.55 Å². The van der Waals surface area contributed by atoms with Crippen molar-refractivity contribution in [1.29, 1.82) is 0 Å². The first-order chi connectivity index (χ1) is 10.8. The second kappa shape index (κ2) is 7.81. The third-order valence-corrected chi connectivity index (χ3v) is 4.88. The van der Waals surface area contributed by atoms with Crippen LogP contribution in [0.5, 0.6) is 0 Å². The Kier molecular flexibility index (Phi) is 5.53. The predicted octanol–water partition coefficient (Wildman–Crippen LogP) is 3.76. The van der Waals surface area contributed by atoms with Crippen LogP contribution in [-0.4, -0.2) is 22.4 Å². The Labute approximate surface area is 135 Å². The van der Waals surface area contributed by atoms with Gasteiger partial charge in [0.15, 0.2) is 6.29 Å². The molecule has 0 spiro atoms. The van der Waals surface area contributed by atoms with Gasteiger partial charge in [0.1, 0.15) is 5.03 Å². The van der Waals surface area contributed by atoms with Gasteiger partial charge in [0, 0.05) is 19.4 Å². The minimum Gasteiger partial charge on any atom is -0.353 e. The van der Waals surface area contributed by atoms with Crippen LogP contribution in [0.15, 0.2) is 41.7 Å². The summed E-state index contributed by atoms with van der Waals surface area (Å²) in [6, 6.07) is 10.5. The van der Waals surface area contributed by atoms with E-state index in [9.17, 15) is 0 Å². The van der Waals surface area contributed by atoms with E-state index in [1.807, 2.05) is 24.0 Å². The van der Waals surface area contributed by atoms with Crippen LogP contribution in [0.1, 0.15) is 30.5 Å². The second-order valence-electron chi connectivity index (χ2n) is 5.49. The molecule has 1 aromatic heterocycles. The van der Waals surface area contributed by atoms with E-state index >= 15 is 0 Å². The Hall–Kier alpha value is -1.30. The van der Waals surface area contributed by atoms with Gasteiger partial charge in [-0.1, -0.05) is 42.1 Å². The maximum absolute atomic E-state index is 5.90. The molecule has 1 saturated heterocycles. The number of hydrogen-bond acceptors (Lipinski definition) is 4. The lowest BCUT2D eigenvalue weighted by Crippen LogP contribution is -2.22. The van der Waals surface area contributed by atoms with Gasteiger partial charge in [0.05, 0.1) is 18.6 Å². The fourth-order valence-corrected chi connectivity index (χ4v) is 3.45. The predicted molar refractivity (Wildman–Crippen MR) is 87.6 cm³/mol. The number of ether oxygens (including phenoxy) is 2. The molecule has 1 unspecified atom stereocenters. The van der Waals surface area contributed by atoms with Crippen LogP contribution in [0.2, 0.25) is 0 Å². The highest BCUT2D eigenvalue weighted by atomic mass is 32.2. The van der Waals surface area contributed by atoms with Gasteiger partial charge in [0.25, 0.3) is 0 Å². The lowest BCUT2D eigenvalue weighted by Gasteiger charge is -2.22. The van der Waals surface area contributed by atoms with Crippen LogP contribution >= 0.6 is 11.8 Å². The molecule has 0 radical (unpaired) electrons. The van der Waals surface area contributed by atoms with Crippen molar-refractivity contribution in [3.8, 4) is 0 Å². The average Bonchev–Trinajstić information content (AvgIpc) is 2.93. The molecule has 0 saturated carbocycles. The maximum Gasteiger partial charge on any atom is 0.158 e. The minimum atomic E-state index is -0.0596. The molecule has 1 aliphatic heterocycles. The van der Waals surface area contributed by atoms with Gasteiger partial charge in [-0.3, -0.25) is 0 Å². The number of thioether (sulfide) groups is 1. The zero-order valence-corrected chi connectivity index (χ0v) is 13.7. The molecule has 0 bridgehead atoms. The molecule has 1 fully saturated rings. The quantitative estimate of drug-likeness (QED) is 0.760. The van der Waals surface area contributed by atoms with Crippen LogP contribution < -0.4 is 0 Å². The maximum atomic E-state index is 5.90. The first-order valence-corrected chi connectivity index (χ1v) is 8.71. The molecule has 22 heavy (non-hydrogen) atoms. The van der Waals surface area contributed by atoms with Crippen LogP contribution in [-0.2, 0) is 28.9 Å². The first kappa shape index (κ1) is 15.6. The highest BCUT2D eigenvalue weighted by Gasteiger charge is 2.17. The first-order valence-electron chi connectivity index (χ1n) is 7.73. The highest BCUT2D eigenvalue weighted by Crippen LogP contribution is 2.26. The van der Waals surface area contributed by atoms with Crippen molar-refractivity contribution in [2.75, 3.05) is 6.61 Å². The Bertz CT molecular complexity index is 580. The summed E-state index contributed by atoms with van der Waals surface area (Å²) in [5, 5.41) is 1.04. The van der Waals surface area contributed by atoms with Gasteiger partial charge < -0.3 is 14.0 Å². The monoisotopic (exact) mass is 318 g/mol. The molecule has 118 valence electrons. The smallest absolute Gasteiger partial charge is 0.158 e. The van der Waals surface area contributed by atoms with E-state index in [1.165, 1.54) is 12.0 Å². The van der Waals surface area contributed by atoms with Crippen LogP contribution in [0.4, 0.5) is 0 Å². The van der Waals surface area contributed by atoms with Crippen molar-refractivity contribution in [3.63, 3.8) is 0 Å². The standard InChI is InChI=1S/C17H22N2O2S/c1-19-13-18-17(22-12-14-7-3-2-4-8-14)15(19)11-21-16-9-5-6-10-20-16/h2-4,7-8,13,16H,5-6,9-12H2,1H3. The third kappa shape index (κ3) is 4.12. The summed E-state index contributed by atoms with van der Waals surface area (Å²) in [4.78, 5) is 4.50. The van der Waals surface area contributed by atoms with Crippen molar-refractivity contribution in [3.05, 3.63) is 47.9 Å². The molecule has 2 heterocycles. The molecule has 0 amide bonds. The number of benzene rings is 1. The van der Waals surface area contributed by atoms with Gasteiger partial charge in [0.2, 0.25) is 0 Å². The Balaban J connectivity index is 1.58. The zero-order chi connectivity index (χ0) is 15.2. The summed E-state index contributed by atoms with van der Waals surface area (Å²) in [6.45, 7) is 1.37. The largest absolute Gasteiger partial charge is 0.353 e. The third-order valence-electron chi connectivity index (χ3n) is 3.78. The van der Waals surface area contributed by atoms with E-state index in [4.69, 9.17) is 9.47 Å². The van der Waals surface area contributed by atoms with E-state index < -0.39 is 0 Å². The number of hydrogen-bond donors (Lipinski definition) is 0. The summed E-state index contributed by atoms with van der Waals surface area (Å²) in [6.07, 6.45) is 5.11. The Morgan fingerprint density at radius 2 is 2.18 bits per heavy atom. The molecule has 0 aliphatic carbocycles. The van der Waals surface area contributed by atoms with Crippen molar-refractivity contribution < 1.29 is 9.47 Å². The molecule has 3 rings (SSSR count).